The Morgan fingerprint density at radius 1 is 1.11 bits per heavy atom. The molecule has 2 aromatic carbocycles. The number of halogens is 7. The quantitative estimate of drug-likeness (QED) is 0.270. The van der Waals surface area contributed by atoms with Crippen LogP contribution < -0.4 is 15.9 Å². The molecule has 0 saturated carbocycles. The minimum Gasteiger partial charge on any atom is -0.368 e. The van der Waals surface area contributed by atoms with Crippen molar-refractivity contribution in [3.63, 3.8) is 0 Å². The number of carbonyl (C=O) groups is 1. The molecule has 3 aromatic rings. The number of hydrogen-bond acceptors (Lipinski definition) is 8. The maximum Gasteiger partial charge on any atom is 0.492 e. The van der Waals surface area contributed by atoms with Crippen LogP contribution in [0.15, 0.2) is 41.3 Å². The SMILES string of the molecule is Nc1nc(Nc2cc(Cl)c(-c3cccc(S(=O)(=O)NOC(=O)C(F)(F)F)c3)c(C(F)(F)F)c2)n[nH]1. The van der Waals surface area contributed by atoms with Crippen molar-refractivity contribution in [1.29, 1.82) is 0 Å². The normalized spacial score (nSPS) is 12.4. The van der Waals surface area contributed by atoms with Gasteiger partial charge >= 0.3 is 18.3 Å². The van der Waals surface area contributed by atoms with E-state index in [4.69, 9.17) is 17.3 Å². The van der Waals surface area contributed by atoms with Gasteiger partial charge in [-0.1, -0.05) is 23.7 Å². The van der Waals surface area contributed by atoms with Crippen molar-refractivity contribution in [3.05, 3.63) is 47.0 Å². The molecule has 0 unspecified atom stereocenters. The number of aromatic nitrogens is 3. The lowest BCUT2D eigenvalue weighted by atomic mass is 9.98. The van der Waals surface area contributed by atoms with Crippen molar-refractivity contribution in [3.8, 4) is 11.1 Å². The highest BCUT2D eigenvalue weighted by molar-refractivity contribution is 7.89. The van der Waals surface area contributed by atoms with Gasteiger partial charge in [0.2, 0.25) is 11.9 Å². The predicted octanol–water partition coefficient (Wildman–Crippen LogP) is 3.77. The fraction of sp³-hybridized carbons (Fsp3) is 0.118. The molecule has 0 aliphatic carbocycles. The Morgan fingerprint density at radius 2 is 1.80 bits per heavy atom. The third kappa shape index (κ3) is 6.11. The minimum atomic E-state index is -5.49. The van der Waals surface area contributed by atoms with Crippen LogP contribution in [-0.4, -0.2) is 35.7 Å². The smallest absolute Gasteiger partial charge is 0.368 e. The summed E-state index contributed by atoms with van der Waals surface area (Å²) in [4.78, 5) is 18.1. The van der Waals surface area contributed by atoms with E-state index >= 15 is 0 Å². The van der Waals surface area contributed by atoms with Crippen molar-refractivity contribution in [2.45, 2.75) is 17.2 Å². The molecular formula is C17H11ClF6N6O4S. The number of carbonyl (C=O) groups excluding carboxylic acids is 1. The Morgan fingerprint density at radius 3 is 2.37 bits per heavy atom. The van der Waals surface area contributed by atoms with Gasteiger partial charge in [0.25, 0.3) is 10.0 Å². The molecule has 0 fully saturated rings. The molecule has 0 spiro atoms. The van der Waals surface area contributed by atoms with Crippen LogP contribution in [0.2, 0.25) is 5.02 Å². The number of anilines is 3. The highest BCUT2D eigenvalue weighted by atomic mass is 35.5. The molecule has 1 aromatic heterocycles. The summed E-state index contributed by atoms with van der Waals surface area (Å²) in [5.74, 6) is -3.12. The Hall–Kier alpha value is -3.57. The van der Waals surface area contributed by atoms with E-state index in [9.17, 15) is 39.6 Å². The summed E-state index contributed by atoms with van der Waals surface area (Å²) in [6, 6.07) is 5.36. The molecule has 188 valence electrons. The summed E-state index contributed by atoms with van der Waals surface area (Å²) in [5.41, 5.74) is 2.89. The van der Waals surface area contributed by atoms with Crippen LogP contribution in [0.4, 0.5) is 43.9 Å². The molecule has 0 aliphatic heterocycles. The van der Waals surface area contributed by atoms with Gasteiger partial charge in [-0.25, -0.2) is 18.3 Å². The number of nitrogens with one attached hydrogen (secondary N) is 3. The van der Waals surface area contributed by atoms with Crippen molar-refractivity contribution in [2.75, 3.05) is 11.1 Å². The minimum absolute atomic E-state index is 0.112. The lowest BCUT2D eigenvalue weighted by molar-refractivity contribution is -0.203. The maximum absolute atomic E-state index is 13.9. The first-order valence-corrected chi connectivity index (χ1v) is 10.7. The highest BCUT2D eigenvalue weighted by Crippen LogP contribution is 2.43. The van der Waals surface area contributed by atoms with Crippen molar-refractivity contribution in [2.24, 2.45) is 0 Å². The molecule has 1 heterocycles. The molecule has 0 saturated heterocycles. The molecule has 35 heavy (non-hydrogen) atoms. The number of sulfonamides is 1. The second kappa shape index (κ2) is 9.23. The van der Waals surface area contributed by atoms with Crippen LogP contribution in [0, 0.1) is 0 Å². The van der Waals surface area contributed by atoms with Crippen molar-refractivity contribution in [1.82, 2.24) is 20.1 Å². The number of alkyl halides is 6. The zero-order valence-electron chi connectivity index (χ0n) is 16.6. The number of nitrogens with two attached hydrogens (primary N) is 1. The second-order valence-electron chi connectivity index (χ2n) is 6.55. The fourth-order valence-electron chi connectivity index (χ4n) is 2.67. The van der Waals surface area contributed by atoms with Gasteiger partial charge in [-0.2, -0.15) is 31.3 Å². The zero-order valence-corrected chi connectivity index (χ0v) is 18.2. The molecule has 3 rings (SSSR count). The number of nitrogen functional groups attached to an aromatic ring is 1. The third-order valence-corrected chi connectivity index (χ3v) is 5.54. The second-order valence-corrected chi connectivity index (χ2v) is 8.60. The molecule has 0 aliphatic rings. The van der Waals surface area contributed by atoms with Gasteiger partial charge in [-0.15, -0.1) is 5.10 Å². The predicted molar refractivity (Wildman–Crippen MR) is 108 cm³/mol. The maximum atomic E-state index is 13.9. The molecule has 18 heteroatoms. The third-order valence-electron chi connectivity index (χ3n) is 4.06. The molecule has 0 radical (unpaired) electrons. The van der Waals surface area contributed by atoms with Crippen LogP contribution in [0.3, 0.4) is 0 Å². The summed E-state index contributed by atoms with van der Waals surface area (Å²) in [6.45, 7) is 0. The Balaban J connectivity index is 2.01. The van der Waals surface area contributed by atoms with Crippen LogP contribution >= 0.6 is 11.6 Å². The fourth-order valence-corrected chi connectivity index (χ4v) is 3.82. The molecule has 10 nitrogen and oxygen atoms in total. The highest BCUT2D eigenvalue weighted by Gasteiger charge is 2.42. The number of rotatable bonds is 6. The first-order chi connectivity index (χ1) is 16.1. The van der Waals surface area contributed by atoms with Gasteiger partial charge in [0.15, 0.2) is 0 Å². The summed E-state index contributed by atoms with van der Waals surface area (Å²) in [6.07, 6.45) is -10.5. The largest absolute Gasteiger partial charge is 0.492 e. The van der Waals surface area contributed by atoms with E-state index in [1.165, 1.54) is 0 Å². The van der Waals surface area contributed by atoms with Gasteiger partial charge in [0, 0.05) is 11.3 Å². The van der Waals surface area contributed by atoms with E-state index in [0.717, 1.165) is 29.2 Å². The Labute approximate surface area is 196 Å². The van der Waals surface area contributed by atoms with E-state index < -0.39 is 49.4 Å². The first-order valence-electron chi connectivity index (χ1n) is 8.84. The standard InChI is InChI=1S/C17H11ClF6N6O4S/c18-11-6-8(26-15-27-14(25)28-29-15)5-10(16(19,20)21)12(11)7-2-1-3-9(4-7)35(32,33)30-34-13(31)17(22,23)24/h1-6,30H,(H4,25,26,27,28,29). The summed E-state index contributed by atoms with van der Waals surface area (Å²) in [7, 11) is -4.92. The average Bonchev–Trinajstić information content (AvgIpc) is 3.15. The van der Waals surface area contributed by atoms with E-state index in [1.54, 1.807) is 0 Å². The summed E-state index contributed by atoms with van der Waals surface area (Å²) >= 11 is 6.09. The molecule has 5 N–H and O–H groups in total. The average molecular weight is 545 g/mol. The first kappa shape index (κ1) is 26.0. The Bertz CT molecular complexity index is 1380. The number of nitrogens with zero attached hydrogens (tertiary/aromatic N) is 2. The molecular weight excluding hydrogens is 534 g/mol. The van der Waals surface area contributed by atoms with E-state index in [-0.39, 0.29) is 23.1 Å². The van der Waals surface area contributed by atoms with Crippen molar-refractivity contribution < 1.29 is 44.4 Å². The van der Waals surface area contributed by atoms with Gasteiger partial charge < -0.3 is 15.9 Å². The monoisotopic (exact) mass is 544 g/mol. The topological polar surface area (TPSA) is 152 Å². The van der Waals surface area contributed by atoms with E-state index in [0.29, 0.717) is 12.1 Å². The van der Waals surface area contributed by atoms with Gasteiger partial charge in [0.1, 0.15) is 0 Å². The number of H-pyrrole nitrogens is 1. The lowest BCUT2D eigenvalue weighted by Crippen LogP contribution is -2.34. The molecule has 0 bridgehead atoms. The van der Waals surface area contributed by atoms with Crippen molar-refractivity contribution >= 4 is 45.2 Å². The molecule has 0 atom stereocenters. The summed E-state index contributed by atoms with van der Waals surface area (Å²) < 4.78 is 103. The van der Waals surface area contributed by atoms with Crippen LogP contribution in [0.5, 0.6) is 0 Å². The zero-order chi connectivity index (χ0) is 26.2. The van der Waals surface area contributed by atoms with Crippen LogP contribution in [-0.2, 0) is 25.8 Å². The van der Waals surface area contributed by atoms with E-state index in [2.05, 4.69) is 25.3 Å². The number of hydrogen-bond donors (Lipinski definition) is 4. The Kier molecular flexibility index (Phi) is 6.87. The van der Waals surface area contributed by atoms with Gasteiger partial charge in [-0.3, -0.25) is 0 Å². The van der Waals surface area contributed by atoms with Crippen LogP contribution in [0.25, 0.3) is 11.1 Å². The van der Waals surface area contributed by atoms with Gasteiger partial charge in [-0.05, 0) is 34.7 Å². The lowest BCUT2D eigenvalue weighted by Gasteiger charge is -2.17. The number of benzene rings is 2. The number of aromatic amines is 1. The molecule has 0 amide bonds. The van der Waals surface area contributed by atoms with Gasteiger partial charge in [0.05, 0.1) is 15.5 Å². The van der Waals surface area contributed by atoms with Crippen LogP contribution in [0.1, 0.15) is 5.56 Å². The summed E-state index contributed by atoms with van der Waals surface area (Å²) in [5, 5.41) is 7.89. The van der Waals surface area contributed by atoms with E-state index in [1.807, 2.05) is 0 Å².